The number of rotatable bonds is 4. The van der Waals surface area contributed by atoms with E-state index in [2.05, 4.69) is 17.3 Å². The fourth-order valence-electron chi connectivity index (χ4n) is 1.84. The van der Waals surface area contributed by atoms with Crippen molar-refractivity contribution >= 4 is 5.91 Å². The monoisotopic (exact) mass is 199 g/mol. The minimum absolute atomic E-state index is 0.250. The maximum atomic E-state index is 11.7. The van der Waals surface area contributed by atoms with E-state index in [0.29, 0.717) is 12.5 Å². The van der Waals surface area contributed by atoms with E-state index in [9.17, 15) is 4.79 Å². The molecule has 0 aromatic carbocycles. The van der Waals surface area contributed by atoms with Crippen LogP contribution in [0.15, 0.2) is 0 Å². The first-order valence-corrected chi connectivity index (χ1v) is 5.24. The van der Waals surface area contributed by atoms with E-state index < -0.39 is 0 Å². The zero-order chi connectivity index (χ0) is 10.6. The third-order valence-corrected chi connectivity index (χ3v) is 2.90. The van der Waals surface area contributed by atoms with Crippen LogP contribution in [0.1, 0.15) is 12.8 Å². The minimum Gasteiger partial charge on any atom is -0.341 e. The van der Waals surface area contributed by atoms with E-state index >= 15 is 0 Å². The third kappa shape index (κ3) is 2.96. The highest BCUT2D eigenvalue weighted by molar-refractivity contribution is 5.76. The van der Waals surface area contributed by atoms with Gasteiger partial charge in [0, 0.05) is 32.6 Å². The van der Waals surface area contributed by atoms with E-state index in [4.69, 9.17) is 0 Å². The number of nitrogens with one attached hydrogen (secondary N) is 1. The quantitative estimate of drug-likeness (QED) is 0.678. The Morgan fingerprint density at radius 1 is 1.64 bits per heavy atom. The molecule has 1 saturated heterocycles. The molecular formula is C10H21N3O. The average molecular weight is 199 g/mol. The number of carbonyl (C=O) groups is 1. The maximum Gasteiger partial charge on any atom is 0.223 e. The lowest BCUT2D eigenvalue weighted by Gasteiger charge is -2.24. The predicted octanol–water partition coefficient (Wildman–Crippen LogP) is -0.242. The minimum atomic E-state index is 0.250. The molecule has 1 aliphatic heterocycles. The second kappa shape index (κ2) is 5.32. The van der Waals surface area contributed by atoms with E-state index in [1.54, 1.807) is 0 Å². The van der Waals surface area contributed by atoms with Crippen LogP contribution in [0, 0.1) is 0 Å². The topological polar surface area (TPSA) is 35.6 Å². The summed E-state index contributed by atoms with van der Waals surface area (Å²) in [6.07, 6.45) is 1.71. The maximum absolute atomic E-state index is 11.7. The van der Waals surface area contributed by atoms with Gasteiger partial charge in [0.15, 0.2) is 0 Å². The molecule has 1 heterocycles. The van der Waals surface area contributed by atoms with Gasteiger partial charge in [-0.15, -0.1) is 0 Å². The second-order valence-corrected chi connectivity index (χ2v) is 4.06. The van der Waals surface area contributed by atoms with Crippen LogP contribution >= 0.6 is 0 Å². The zero-order valence-corrected chi connectivity index (χ0v) is 9.42. The van der Waals surface area contributed by atoms with Crippen LogP contribution in [-0.4, -0.2) is 62.5 Å². The molecule has 0 saturated carbocycles. The summed E-state index contributed by atoms with van der Waals surface area (Å²) in [7, 11) is 5.89. The normalized spacial score (nSPS) is 22.6. The van der Waals surface area contributed by atoms with Crippen LogP contribution in [-0.2, 0) is 4.79 Å². The molecule has 1 fully saturated rings. The Morgan fingerprint density at radius 3 is 2.86 bits per heavy atom. The number of nitrogens with zero attached hydrogens (tertiary/aromatic N) is 2. The molecule has 4 nitrogen and oxygen atoms in total. The van der Waals surface area contributed by atoms with Crippen LogP contribution < -0.4 is 5.32 Å². The summed E-state index contributed by atoms with van der Waals surface area (Å²) in [6, 6.07) is 0.421. The molecule has 4 heteroatoms. The van der Waals surface area contributed by atoms with Crippen molar-refractivity contribution in [1.29, 1.82) is 0 Å². The lowest BCUT2D eigenvalue weighted by Crippen LogP contribution is -2.39. The van der Waals surface area contributed by atoms with Gasteiger partial charge in [-0.25, -0.2) is 0 Å². The predicted molar refractivity (Wildman–Crippen MR) is 57.2 cm³/mol. The summed E-state index contributed by atoms with van der Waals surface area (Å²) in [5, 5.41) is 2.99. The van der Waals surface area contributed by atoms with Crippen molar-refractivity contribution in [3.63, 3.8) is 0 Å². The molecule has 0 aromatic rings. The molecule has 1 N–H and O–H groups in total. The summed E-state index contributed by atoms with van der Waals surface area (Å²) in [5.41, 5.74) is 0. The first kappa shape index (κ1) is 11.5. The van der Waals surface area contributed by atoms with Gasteiger partial charge >= 0.3 is 0 Å². The molecule has 1 aliphatic rings. The summed E-state index contributed by atoms with van der Waals surface area (Å²) >= 11 is 0. The number of carbonyl (C=O) groups excluding carboxylic acids is 1. The van der Waals surface area contributed by atoms with Gasteiger partial charge in [-0.05, 0) is 27.1 Å². The number of likely N-dealkylation sites (N-methyl/N-ethyl adjacent to an activating group) is 2. The molecule has 1 atom stereocenters. The van der Waals surface area contributed by atoms with Gasteiger partial charge in [0.1, 0.15) is 0 Å². The molecule has 1 unspecified atom stereocenters. The van der Waals surface area contributed by atoms with Crippen LogP contribution in [0.3, 0.4) is 0 Å². The van der Waals surface area contributed by atoms with Crippen LogP contribution in [0.4, 0.5) is 0 Å². The Hall–Kier alpha value is -0.610. The van der Waals surface area contributed by atoms with Gasteiger partial charge < -0.3 is 15.1 Å². The first-order chi connectivity index (χ1) is 6.65. The Kier molecular flexibility index (Phi) is 4.35. The van der Waals surface area contributed by atoms with Gasteiger partial charge in [-0.1, -0.05) is 0 Å². The Morgan fingerprint density at radius 2 is 2.36 bits per heavy atom. The standard InChI is InChI=1S/C10H21N3O/c1-11-6-4-10(14)13(3)9-5-7-12(2)8-9/h9,11H,4-8H2,1-3H3. The van der Waals surface area contributed by atoms with Gasteiger partial charge in [0.25, 0.3) is 0 Å². The molecule has 0 aromatic heterocycles. The van der Waals surface area contributed by atoms with Gasteiger partial charge in [0.05, 0.1) is 0 Å². The van der Waals surface area contributed by atoms with E-state index in [-0.39, 0.29) is 5.91 Å². The molecule has 0 bridgehead atoms. The Bertz CT molecular complexity index is 196. The highest BCUT2D eigenvalue weighted by Gasteiger charge is 2.25. The fourth-order valence-corrected chi connectivity index (χ4v) is 1.84. The van der Waals surface area contributed by atoms with Crippen molar-refractivity contribution in [2.75, 3.05) is 40.8 Å². The fraction of sp³-hybridized carbons (Fsp3) is 0.900. The highest BCUT2D eigenvalue weighted by Crippen LogP contribution is 2.12. The Balaban J connectivity index is 2.32. The molecular weight excluding hydrogens is 178 g/mol. The first-order valence-electron chi connectivity index (χ1n) is 5.24. The van der Waals surface area contributed by atoms with Crippen molar-refractivity contribution in [2.24, 2.45) is 0 Å². The lowest BCUT2D eigenvalue weighted by molar-refractivity contribution is -0.131. The SMILES string of the molecule is CNCCC(=O)N(C)C1CCN(C)C1. The van der Waals surface area contributed by atoms with Crippen molar-refractivity contribution in [1.82, 2.24) is 15.1 Å². The molecule has 0 radical (unpaired) electrons. The average Bonchev–Trinajstić information content (AvgIpc) is 2.60. The lowest BCUT2D eigenvalue weighted by atomic mass is 10.2. The largest absolute Gasteiger partial charge is 0.341 e. The van der Waals surface area contributed by atoms with Crippen molar-refractivity contribution < 1.29 is 4.79 Å². The summed E-state index contributed by atoms with van der Waals surface area (Å²) in [5.74, 6) is 0.250. The van der Waals surface area contributed by atoms with Gasteiger partial charge in [-0.3, -0.25) is 4.79 Å². The van der Waals surface area contributed by atoms with E-state index in [1.165, 1.54) is 0 Å². The number of hydrogen-bond donors (Lipinski definition) is 1. The number of amides is 1. The van der Waals surface area contributed by atoms with Crippen molar-refractivity contribution in [3.05, 3.63) is 0 Å². The molecule has 1 amide bonds. The third-order valence-electron chi connectivity index (χ3n) is 2.90. The van der Waals surface area contributed by atoms with Crippen molar-refractivity contribution in [2.45, 2.75) is 18.9 Å². The number of hydrogen-bond acceptors (Lipinski definition) is 3. The highest BCUT2D eigenvalue weighted by atomic mass is 16.2. The van der Waals surface area contributed by atoms with Crippen LogP contribution in [0.5, 0.6) is 0 Å². The van der Waals surface area contributed by atoms with Crippen molar-refractivity contribution in [3.8, 4) is 0 Å². The summed E-state index contributed by atoms with van der Waals surface area (Å²) in [6.45, 7) is 2.89. The van der Waals surface area contributed by atoms with E-state index in [0.717, 1.165) is 26.1 Å². The van der Waals surface area contributed by atoms with E-state index in [1.807, 2.05) is 19.0 Å². The Labute approximate surface area is 86.2 Å². The summed E-state index contributed by atoms with van der Waals surface area (Å²) < 4.78 is 0. The number of likely N-dealkylation sites (tertiary alicyclic amines) is 1. The second-order valence-electron chi connectivity index (χ2n) is 4.06. The zero-order valence-electron chi connectivity index (χ0n) is 9.42. The molecule has 1 rings (SSSR count). The van der Waals surface area contributed by atoms with Crippen LogP contribution in [0.25, 0.3) is 0 Å². The molecule has 14 heavy (non-hydrogen) atoms. The van der Waals surface area contributed by atoms with Crippen LogP contribution in [0.2, 0.25) is 0 Å². The smallest absolute Gasteiger partial charge is 0.223 e. The molecule has 0 spiro atoms. The van der Waals surface area contributed by atoms with Gasteiger partial charge in [-0.2, -0.15) is 0 Å². The van der Waals surface area contributed by atoms with Gasteiger partial charge in [0.2, 0.25) is 5.91 Å². The molecule has 0 aliphatic carbocycles. The molecule has 82 valence electrons. The summed E-state index contributed by atoms with van der Waals surface area (Å²) in [4.78, 5) is 15.8.